The van der Waals surface area contributed by atoms with Gasteiger partial charge in [0.1, 0.15) is 0 Å². The number of nitrogens with one attached hydrogen (secondary N) is 3. The first-order valence-electron chi connectivity index (χ1n) is 6.14. The lowest BCUT2D eigenvalue weighted by Gasteiger charge is -2.23. The lowest BCUT2D eigenvalue weighted by Crippen LogP contribution is -2.50. The van der Waals surface area contributed by atoms with Crippen molar-refractivity contribution in [3.63, 3.8) is 0 Å². The van der Waals surface area contributed by atoms with Crippen LogP contribution in [-0.2, 0) is 4.79 Å². The molecule has 0 aliphatic heterocycles. The van der Waals surface area contributed by atoms with Crippen molar-refractivity contribution in [1.29, 1.82) is 0 Å². The van der Waals surface area contributed by atoms with Gasteiger partial charge in [0, 0.05) is 32.7 Å². The SMILES string of the molecule is CC(NCCNC(=O)N(C)C)C(=O)NC(C)(C)C. The van der Waals surface area contributed by atoms with Crippen molar-refractivity contribution in [2.75, 3.05) is 27.2 Å². The van der Waals surface area contributed by atoms with Crippen LogP contribution in [0.15, 0.2) is 0 Å². The van der Waals surface area contributed by atoms with Crippen molar-refractivity contribution in [3.05, 3.63) is 0 Å². The van der Waals surface area contributed by atoms with Crippen LogP contribution in [0.2, 0.25) is 0 Å². The monoisotopic (exact) mass is 258 g/mol. The van der Waals surface area contributed by atoms with Gasteiger partial charge < -0.3 is 20.9 Å². The van der Waals surface area contributed by atoms with Crippen LogP contribution in [-0.4, -0.2) is 55.6 Å². The van der Waals surface area contributed by atoms with Crippen LogP contribution in [0, 0.1) is 0 Å². The molecule has 0 bridgehead atoms. The largest absolute Gasteiger partial charge is 0.350 e. The summed E-state index contributed by atoms with van der Waals surface area (Å²) >= 11 is 0. The van der Waals surface area contributed by atoms with E-state index >= 15 is 0 Å². The van der Waals surface area contributed by atoms with E-state index in [0.29, 0.717) is 13.1 Å². The van der Waals surface area contributed by atoms with E-state index in [9.17, 15) is 9.59 Å². The Labute approximate surface area is 109 Å². The molecule has 0 aromatic carbocycles. The Morgan fingerprint density at radius 1 is 1.17 bits per heavy atom. The average Bonchev–Trinajstić information content (AvgIpc) is 2.20. The van der Waals surface area contributed by atoms with Crippen LogP contribution in [0.4, 0.5) is 4.79 Å². The van der Waals surface area contributed by atoms with Gasteiger partial charge in [0.25, 0.3) is 0 Å². The molecule has 0 saturated carbocycles. The lowest BCUT2D eigenvalue weighted by molar-refractivity contribution is -0.124. The molecule has 0 aromatic heterocycles. The highest BCUT2D eigenvalue weighted by atomic mass is 16.2. The molecule has 6 heteroatoms. The number of nitrogens with zero attached hydrogens (tertiary/aromatic N) is 1. The van der Waals surface area contributed by atoms with Crippen LogP contribution < -0.4 is 16.0 Å². The van der Waals surface area contributed by atoms with Gasteiger partial charge in [-0.15, -0.1) is 0 Å². The van der Waals surface area contributed by atoms with Crippen molar-refractivity contribution in [1.82, 2.24) is 20.9 Å². The molecule has 6 nitrogen and oxygen atoms in total. The quantitative estimate of drug-likeness (QED) is 0.615. The van der Waals surface area contributed by atoms with Gasteiger partial charge in [0.2, 0.25) is 5.91 Å². The fourth-order valence-electron chi connectivity index (χ4n) is 1.19. The van der Waals surface area contributed by atoms with Gasteiger partial charge in [-0.05, 0) is 27.7 Å². The molecule has 106 valence electrons. The Morgan fingerprint density at radius 3 is 2.17 bits per heavy atom. The van der Waals surface area contributed by atoms with Gasteiger partial charge in [-0.3, -0.25) is 4.79 Å². The van der Waals surface area contributed by atoms with Crippen LogP contribution >= 0.6 is 0 Å². The highest BCUT2D eigenvalue weighted by Gasteiger charge is 2.18. The van der Waals surface area contributed by atoms with Crippen molar-refractivity contribution in [2.45, 2.75) is 39.3 Å². The molecule has 3 N–H and O–H groups in total. The Bertz CT molecular complexity index is 284. The molecule has 18 heavy (non-hydrogen) atoms. The maximum atomic E-state index is 11.7. The summed E-state index contributed by atoms with van der Waals surface area (Å²) < 4.78 is 0. The van der Waals surface area contributed by atoms with E-state index in [2.05, 4.69) is 16.0 Å². The topological polar surface area (TPSA) is 73.5 Å². The van der Waals surface area contributed by atoms with Crippen molar-refractivity contribution >= 4 is 11.9 Å². The summed E-state index contributed by atoms with van der Waals surface area (Å²) in [5.74, 6) is -0.0403. The third kappa shape index (κ3) is 7.89. The molecule has 0 heterocycles. The summed E-state index contributed by atoms with van der Waals surface area (Å²) in [6.07, 6.45) is 0. The van der Waals surface area contributed by atoms with E-state index < -0.39 is 0 Å². The van der Waals surface area contributed by atoms with Crippen LogP contribution in [0.3, 0.4) is 0 Å². The Hall–Kier alpha value is -1.30. The van der Waals surface area contributed by atoms with Crippen molar-refractivity contribution in [3.8, 4) is 0 Å². The molecular weight excluding hydrogens is 232 g/mol. The molecule has 0 rings (SSSR count). The number of carbonyl (C=O) groups is 2. The van der Waals surface area contributed by atoms with Gasteiger partial charge in [-0.2, -0.15) is 0 Å². The van der Waals surface area contributed by atoms with E-state index in [1.165, 1.54) is 4.90 Å². The maximum absolute atomic E-state index is 11.7. The van der Waals surface area contributed by atoms with Gasteiger partial charge >= 0.3 is 6.03 Å². The summed E-state index contributed by atoms with van der Waals surface area (Å²) in [5.41, 5.74) is -0.230. The molecule has 0 aliphatic carbocycles. The third-order valence-corrected chi connectivity index (χ3v) is 2.15. The number of carbonyl (C=O) groups excluding carboxylic acids is 2. The van der Waals surface area contributed by atoms with Crippen LogP contribution in [0.5, 0.6) is 0 Å². The zero-order valence-corrected chi connectivity index (χ0v) is 12.3. The van der Waals surface area contributed by atoms with Gasteiger partial charge in [-0.1, -0.05) is 0 Å². The molecule has 3 amide bonds. The third-order valence-electron chi connectivity index (χ3n) is 2.15. The zero-order chi connectivity index (χ0) is 14.3. The van der Waals surface area contributed by atoms with Gasteiger partial charge in [-0.25, -0.2) is 4.79 Å². The molecule has 0 aliphatic rings. The van der Waals surface area contributed by atoms with E-state index in [1.807, 2.05) is 20.8 Å². The first-order valence-corrected chi connectivity index (χ1v) is 6.14. The second-order valence-corrected chi connectivity index (χ2v) is 5.54. The fraction of sp³-hybridized carbons (Fsp3) is 0.833. The van der Waals surface area contributed by atoms with E-state index in [-0.39, 0.29) is 23.5 Å². The van der Waals surface area contributed by atoms with Gasteiger partial charge in [0.15, 0.2) is 0 Å². The van der Waals surface area contributed by atoms with E-state index in [0.717, 1.165) is 0 Å². The second-order valence-electron chi connectivity index (χ2n) is 5.54. The zero-order valence-electron chi connectivity index (χ0n) is 12.3. The second kappa shape index (κ2) is 7.20. The fourth-order valence-corrected chi connectivity index (χ4v) is 1.19. The minimum atomic E-state index is -0.277. The molecule has 1 atom stereocenters. The normalized spacial score (nSPS) is 12.8. The summed E-state index contributed by atoms with van der Waals surface area (Å²) in [6, 6.07) is -0.413. The molecule has 0 fully saturated rings. The number of rotatable bonds is 5. The number of hydrogen-bond acceptors (Lipinski definition) is 3. The maximum Gasteiger partial charge on any atom is 0.316 e. The number of urea groups is 1. The summed E-state index contributed by atoms with van der Waals surface area (Å²) in [4.78, 5) is 24.4. The first kappa shape index (κ1) is 16.7. The predicted molar refractivity (Wildman–Crippen MR) is 72.4 cm³/mol. The number of amides is 3. The minimum absolute atomic E-state index is 0.0403. The smallest absolute Gasteiger partial charge is 0.316 e. The van der Waals surface area contributed by atoms with E-state index in [1.54, 1.807) is 21.0 Å². The molecule has 0 spiro atoms. The Balaban J connectivity index is 3.81. The predicted octanol–water partition coefficient (Wildman–Crippen LogP) is 0.150. The van der Waals surface area contributed by atoms with E-state index in [4.69, 9.17) is 0 Å². The minimum Gasteiger partial charge on any atom is -0.350 e. The number of hydrogen-bond donors (Lipinski definition) is 3. The highest BCUT2D eigenvalue weighted by Crippen LogP contribution is 1.99. The standard InChI is InChI=1S/C12H26N4O2/c1-9(10(17)15-12(2,3)4)13-7-8-14-11(18)16(5)6/h9,13H,7-8H2,1-6H3,(H,14,18)(H,15,17). The molecular formula is C12H26N4O2. The molecule has 0 saturated heterocycles. The van der Waals surface area contributed by atoms with Crippen LogP contribution in [0.25, 0.3) is 0 Å². The molecule has 0 aromatic rings. The molecule has 0 radical (unpaired) electrons. The van der Waals surface area contributed by atoms with Crippen molar-refractivity contribution < 1.29 is 9.59 Å². The summed E-state index contributed by atoms with van der Waals surface area (Å²) in [7, 11) is 3.37. The first-order chi connectivity index (χ1) is 8.13. The Kier molecular flexibility index (Phi) is 6.68. The van der Waals surface area contributed by atoms with Gasteiger partial charge in [0.05, 0.1) is 6.04 Å². The highest BCUT2D eigenvalue weighted by molar-refractivity contribution is 5.81. The Morgan fingerprint density at radius 2 is 1.72 bits per heavy atom. The lowest BCUT2D eigenvalue weighted by atomic mass is 10.1. The summed E-state index contributed by atoms with van der Waals surface area (Å²) in [6.45, 7) is 8.66. The summed E-state index contributed by atoms with van der Waals surface area (Å²) in [5, 5.41) is 8.66. The molecule has 1 unspecified atom stereocenters. The average molecular weight is 258 g/mol. The van der Waals surface area contributed by atoms with Crippen molar-refractivity contribution in [2.24, 2.45) is 0 Å². The van der Waals surface area contributed by atoms with Crippen LogP contribution in [0.1, 0.15) is 27.7 Å².